The predicted octanol–water partition coefficient (Wildman–Crippen LogP) is 3.97. The lowest BCUT2D eigenvalue weighted by atomic mass is 10.1. The fourth-order valence-corrected chi connectivity index (χ4v) is 1.82. The van der Waals surface area contributed by atoms with E-state index in [1.807, 2.05) is 6.07 Å². The molecule has 0 saturated carbocycles. The van der Waals surface area contributed by atoms with E-state index in [4.69, 9.17) is 11.6 Å². The highest BCUT2D eigenvalue weighted by Crippen LogP contribution is 2.26. The van der Waals surface area contributed by atoms with Crippen molar-refractivity contribution in [2.45, 2.75) is 13.5 Å². The molecule has 2 aromatic carbocycles. The number of aromatic hydroxyl groups is 1. The van der Waals surface area contributed by atoms with Crippen molar-refractivity contribution in [3.63, 3.8) is 0 Å². The van der Waals surface area contributed by atoms with Gasteiger partial charge in [0.25, 0.3) is 0 Å². The summed E-state index contributed by atoms with van der Waals surface area (Å²) >= 11 is 5.83. The van der Waals surface area contributed by atoms with E-state index >= 15 is 0 Å². The molecule has 0 fully saturated rings. The van der Waals surface area contributed by atoms with Gasteiger partial charge in [-0.05, 0) is 30.7 Å². The number of anilines is 1. The Hall–Kier alpha value is -1.67. The number of hydrogen-bond acceptors (Lipinski definition) is 2. The normalized spacial score (nSPS) is 10.2. The van der Waals surface area contributed by atoms with E-state index in [2.05, 4.69) is 30.4 Å². The summed E-state index contributed by atoms with van der Waals surface area (Å²) in [5, 5.41) is 12.9. The molecule has 2 rings (SSSR count). The van der Waals surface area contributed by atoms with Crippen molar-refractivity contribution in [1.29, 1.82) is 0 Å². The second-order valence-electron chi connectivity index (χ2n) is 4.01. The molecule has 0 aromatic heterocycles. The first-order chi connectivity index (χ1) is 8.15. The van der Waals surface area contributed by atoms with Crippen molar-refractivity contribution in [3.05, 3.63) is 58.6 Å². The Kier molecular flexibility index (Phi) is 3.55. The molecule has 0 spiro atoms. The first-order valence-corrected chi connectivity index (χ1v) is 5.81. The van der Waals surface area contributed by atoms with Crippen LogP contribution in [0.2, 0.25) is 5.02 Å². The van der Waals surface area contributed by atoms with Crippen LogP contribution >= 0.6 is 11.6 Å². The molecule has 2 nitrogen and oxygen atoms in total. The van der Waals surface area contributed by atoms with E-state index < -0.39 is 0 Å². The third-order valence-corrected chi connectivity index (χ3v) is 2.83. The van der Waals surface area contributed by atoms with E-state index in [1.165, 1.54) is 11.1 Å². The van der Waals surface area contributed by atoms with Crippen LogP contribution < -0.4 is 5.32 Å². The van der Waals surface area contributed by atoms with E-state index in [0.717, 1.165) is 12.2 Å². The molecule has 0 aliphatic carbocycles. The molecule has 17 heavy (non-hydrogen) atoms. The summed E-state index contributed by atoms with van der Waals surface area (Å²) in [6.45, 7) is 2.81. The summed E-state index contributed by atoms with van der Waals surface area (Å²) in [6, 6.07) is 13.4. The van der Waals surface area contributed by atoms with Crippen molar-refractivity contribution in [3.8, 4) is 5.75 Å². The minimum absolute atomic E-state index is 0.104. The van der Waals surface area contributed by atoms with E-state index in [1.54, 1.807) is 18.2 Å². The quantitative estimate of drug-likeness (QED) is 0.805. The number of nitrogens with one attached hydrogen (secondary N) is 1. The van der Waals surface area contributed by atoms with Gasteiger partial charge in [0.1, 0.15) is 5.75 Å². The first kappa shape index (κ1) is 11.8. The van der Waals surface area contributed by atoms with Crippen LogP contribution in [-0.4, -0.2) is 5.11 Å². The highest BCUT2D eigenvalue weighted by molar-refractivity contribution is 6.32. The molecule has 0 aliphatic heterocycles. The molecule has 0 radical (unpaired) electrons. The largest absolute Gasteiger partial charge is 0.506 e. The molecule has 0 heterocycles. The molecular weight excluding hydrogens is 234 g/mol. The molecule has 3 heteroatoms. The van der Waals surface area contributed by atoms with Crippen LogP contribution in [0, 0.1) is 6.92 Å². The maximum atomic E-state index is 9.31. The Balaban J connectivity index is 2.05. The van der Waals surface area contributed by atoms with Crippen molar-refractivity contribution in [2.24, 2.45) is 0 Å². The van der Waals surface area contributed by atoms with Crippen LogP contribution in [-0.2, 0) is 6.54 Å². The zero-order valence-corrected chi connectivity index (χ0v) is 10.3. The number of benzene rings is 2. The van der Waals surface area contributed by atoms with Gasteiger partial charge in [-0.25, -0.2) is 0 Å². The van der Waals surface area contributed by atoms with Crippen LogP contribution in [0.5, 0.6) is 5.75 Å². The molecule has 0 aliphatic rings. The average molecular weight is 248 g/mol. The highest BCUT2D eigenvalue weighted by atomic mass is 35.5. The topological polar surface area (TPSA) is 32.3 Å². The molecule has 2 aromatic rings. The number of aryl methyl sites for hydroxylation is 1. The van der Waals surface area contributed by atoms with Crippen LogP contribution in [0.3, 0.4) is 0 Å². The van der Waals surface area contributed by atoms with Gasteiger partial charge in [0.05, 0.1) is 5.02 Å². The molecule has 88 valence electrons. The monoisotopic (exact) mass is 247 g/mol. The fraction of sp³-hybridized carbons (Fsp3) is 0.143. The Morgan fingerprint density at radius 1 is 1.18 bits per heavy atom. The summed E-state index contributed by atoms with van der Waals surface area (Å²) in [5.41, 5.74) is 3.36. The van der Waals surface area contributed by atoms with Crippen LogP contribution in [0.15, 0.2) is 42.5 Å². The van der Waals surface area contributed by atoms with Crippen LogP contribution in [0.1, 0.15) is 11.1 Å². The number of phenols is 1. The second kappa shape index (κ2) is 5.11. The average Bonchev–Trinajstić information content (AvgIpc) is 2.31. The van der Waals surface area contributed by atoms with Gasteiger partial charge in [0.2, 0.25) is 0 Å². The Morgan fingerprint density at radius 3 is 2.71 bits per heavy atom. The van der Waals surface area contributed by atoms with Crippen molar-refractivity contribution in [1.82, 2.24) is 0 Å². The SMILES string of the molecule is Cc1cccc(CNc2ccc(O)c(Cl)c2)c1. The lowest BCUT2D eigenvalue weighted by Crippen LogP contribution is -1.99. The van der Waals surface area contributed by atoms with Crippen LogP contribution in [0.25, 0.3) is 0 Å². The number of phenolic OH excluding ortho intramolecular Hbond substituents is 1. The summed E-state index contributed by atoms with van der Waals surface area (Å²) in [7, 11) is 0. The lowest BCUT2D eigenvalue weighted by molar-refractivity contribution is 0.475. The second-order valence-corrected chi connectivity index (χ2v) is 4.42. The Labute approximate surface area is 106 Å². The standard InChI is InChI=1S/C14H14ClNO/c1-10-3-2-4-11(7-10)9-16-12-5-6-14(17)13(15)8-12/h2-8,16-17H,9H2,1H3. The molecule has 0 unspecified atom stereocenters. The molecule has 0 saturated heterocycles. The van der Waals surface area contributed by atoms with E-state index in [0.29, 0.717) is 5.02 Å². The Bertz CT molecular complexity index is 525. The highest BCUT2D eigenvalue weighted by Gasteiger charge is 1.99. The summed E-state index contributed by atoms with van der Waals surface area (Å²) in [4.78, 5) is 0. The van der Waals surface area contributed by atoms with Crippen molar-refractivity contribution < 1.29 is 5.11 Å². The van der Waals surface area contributed by atoms with Gasteiger partial charge in [0, 0.05) is 12.2 Å². The van der Waals surface area contributed by atoms with E-state index in [9.17, 15) is 5.11 Å². The first-order valence-electron chi connectivity index (χ1n) is 5.43. The third-order valence-electron chi connectivity index (χ3n) is 2.53. The minimum atomic E-state index is 0.104. The van der Waals surface area contributed by atoms with Crippen LogP contribution in [0.4, 0.5) is 5.69 Å². The zero-order valence-electron chi connectivity index (χ0n) is 9.57. The van der Waals surface area contributed by atoms with Gasteiger partial charge >= 0.3 is 0 Å². The van der Waals surface area contributed by atoms with Crippen molar-refractivity contribution in [2.75, 3.05) is 5.32 Å². The van der Waals surface area contributed by atoms with Gasteiger partial charge in [-0.15, -0.1) is 0 Å². The van der Waals surface area contributed by atoms with Crippen molar-refractivity contribution >= 4 is 17.3 Å². The lowest BCUT2D eigenvalue weighted by Gasteiger charge is -2.08. The molecule has 0 bridgehead atoms. The molecule has 2 N–H and O–H groups in total. The van der Waals surface area contributed by atoms with E-state index in [-0.39, 0.29) is 5.75 Å². The maximum Gasteiger partial charge on any atom is 0.134 e. The van der Waals surface area contributed by atoms with Gasteiger partial charge in [-0.1, -0.05) is 41.4 Å². The minimum Gasteiger partial charge on any atom is -0.506 e. The fourth-order valence-electron chi connectivity index (χ4n) is 1.64. The summed E-state index contributed by atoms with van der Waals surface area (Å²) in [6.07, 6.45) is 0. The number of halogens is 1. The van der Waals surface area contributed by atoms with Gasteiger partial charge in [-0.3, -0.25) is 0 Å². The Morgan fingerprint density at radius 2 is 2.00 bits per heavy atom. The van der Waals surface area contributed by atoms with Gasteiger partial charge in [0.15, 0.2) is 0 Å². The summed E-state index contributed by atoms with van der Waals surface area (Å²) < 4.78 is 0. The predicted molar refractivity (Wildman–Crippen MR) is 71.6 cm³/mol. The number of rotatable bonds is 3. The van der Waals surface area contributed by atoms with Gasteiger partial charge < -0.3 is 10.4 Å². The smallest absolute Gasteiger partial charge is 0.134 e. The molecule has 0 amide bonds. The maximum absolute atomic E-state index is 9.31. The molecular formula is C14H14ClNO. The summed E-state index contributed by atoms with van der Waals surface area (Å²) in [5.74, 6) is 0.104. The number of hydrogen-bond donors (Lipinski definition) is 2. The molecule has 0 atom stereocenters. The zero-order chi connectivity index (χ0) is 12.3. The third kappa shape index (κ3) is 3.14. The van der Waals surface area contributed by atoms with Gasteiger partial charge in [-0.2, -0.15) is 0 Å².